The Kier molecular flexibility index (Phi) is 9.95. The van der Waals surface area contributed by atoms with E-state index in [1.165, 1.54) is 14.2 Å². The van der Waals surface area contributed by atoms with E-state index in [4.69, 9.17) is 9.84 Å². The van der Waals surface area contributed by atoms with Gasteiger partial charge in [-0.15, -0.1) is 0 Å². The normalized spacial score (nSPS) is 11.6. The zero-order chi connectivity index (χ0) is 16.3. The molecule has 0 fully saturated rings. The minimum absolute atomic E-state index is 0.143. The van der Waals surface area contributed by atoms with Gasteiger partial charge in [0.1, 0.15) is 12.6 Å². The number of rotatable bonds is 10. The number of carbonyl (C=O) groups excluding carboxylic acids is 2. The smallest absolute Gasteiger partial charge is 0.326 e. The first-order valence-corrected chi connectivity index (χ1v) is 6.92. The van der Waals surface area contributed by atoms with E-state index >= 15 is 0 Å². The number of ether oxygens (including phenoxy) is 1. The number of urea groups is 1. The molecule has 0 saturated heterocycles. The first-order chi connectivity index (χ1) is 9.92. The van der Waals surface area contributed by atoms with Crippen LogP contribution in [0.5, 0.6) is 0 Å². The maximum Gasteiger partial charge on any atom is 0.326 e. The number of methoxy groups -OCH3 is 1. The van der Waals surface area contributed by atoms with Crippen LogP contribution < -0.4 is 10.6 Å². The van der Waals surface area contributed by atoms with Gasteiger partial charge in [-0.3, -0.25) is 4.79 Å². The molecule has 3 amide bonds. The van der Waals surface area contributed by atoms with E-state index in [0.29, 0.717) is 26.0 Å². The Morgan fingerprint density at radius 3 is 2.52 bits per heavy atom. The van der Waals surface area contributed by atoms with E-state index in [1.807, 2.05) is 6.92 Å². The second kappa shape index (κ2) is 10.9. The molecule has 1 atom stereocenters. The van der Waals surface area contributed by atoms with Crippen molar-refractivity contribution < 1.29 is 24.2 Å². The van der Waals surface area contributed by atoms with Gasteiger partial charge in [-0.1, -0.05) is 19.8 Å². The van der Waals surface area contributed by atoms with Gasteiger partial charge in [-0.05, 0) is 6.42 Å². The topological polar surface area (TPSA) is 108 Å². The molecule has 0 aliphatic rings. The molecule has 0 heterocycles. The molecule has 3 N–H and O–H groups in total. The van der Waals surface area contributed by atoms with Crippen molar-refractivity contribution in [3.63, 3.8) is 0 Å². The van der Waals surface area contributed by atoms with Crippen LogP contribution in [0.1, 0.15) is 26.2 Å². The third kappa shape index (κ3) is 8.85. The van der Waals surface area contributed by atoms with Crippen molar-refractivity contribution in [2.75, 3.05) is 33.9 Å². The number of amides is 3. The summed E-state index contributed by atoms with van der Waals surface area (Å²) in [5.74, 6) is -1.40. The minimum atomic E-state index is -1.07. The highest BCUT2D eigenvalue weighted by Crippen LogP contribution is 2.01. The highest BCUT2D eigenvalue weighted by molar-refractivity contribution is 5.86. The molecule has 0 saturated carbocycles. The molecule has 0 aromatic rings. The maximum atomic E-state index is 11.8. The Morgan fingerprint density at radius 2 is 2.00 bits per heavy atom. The fraction of sp³-hybridized carbons (Fsp3) is 0.769. The Morgan fingerprint density at radius 1 is 1.33 bits per heavy atom. The Balaban J connectivity index is 4.22. The summed E-state index contributed by atoms with van der Waals surface area (Å²) >= 11 is 0. The number of carboxylic acid groups (broad SMARTS) is 1. The number of nitrogens with zero attached hydrogens (tertiary/aromatic N) is 1. The number of carboxylic acids is 1. The predicted molar refractivity (Wildman–Crippen MR) is 77.0 cm³/mol. The number of likely N-dealkylation sites (N-methyl/N-ethyl adjacent to an activating group) is 1. The molecular formula is C13H25N3O5. The maximum absolute atomic E-state index is 11.8. The fourth-order valence-corrected chi connectivity index (χ4v) is 1.56. The van der Waals surface area contributed by atoms with Crippen LogP contribution in [0.2, 0.25) is 0 Å². The van der Waals surface area contributed by atoms with Gasteiger partial charge >= 0.3 is 12.0 Å². The summed E-state index contributed by atoms with van der Waals surface area (Å²) in [6, 6.07) is -1.52. The van der Waals surface area contributed by atoms with Crippen LogP contribution >= 0.6 is 0 Å². The van der Waals surface area contributed by atoms with Crippen molar-refractivity contribution in [1.29, 1.82) is 0 Å². The number of aliphatic carboxylic acids is 1. The quantitative estimate of drug-likeness (QED) is 0.494. The van der Waals surface area contributed by atoms with Crippen LogP contribution in [0.15, 0.2) is 0 Å². The van der Waals surface area contributed by atoms with E-state index in [9.17, 15) is 14.4 Å². The van der Waals surface area contributed by atoms with Crippen LogP contribution in [-0.4, -0.2) is 67.8 Å². The van der Waals surface area contributed by atoms with Crippen molar-refractivity contribution in [2.24, 2.45) is 0 Å². The Hall–Kier alpha value is -1.83. The summed E-state index contributed by atoms with van der Waals surface area (Å²) in [5.41, 5.74) is 0. The fourth-order valence-electron chi connectivity index (χ4n) is 1.56. The average Bonchev–Trinajstić information content (AvgIpc) is 2.42. The van der Waals surface area contributed by atoms with E-state index in [1.54, 1.807) is 0 Å². The molecule has 0 bridgehead atoms. The lowest BCUT2D eigenvalue weighted by molar-refractivity contribution is -0.139. The molecule has 0 aromatic heterocycles. The Bertz CT molecular complexity index is 349. The first kappa shape index (κ1) is 19.2. The summed E-state index contributed by atoms with van der Waals surface area (Å²) in [6.07, 6.45) is 1.92. The van der Waals surface area contributed by atoms with Crippen LogP contribution in [0.4, 0.5) is 4.79 Å². The number of unbranched alkanes of at least 4 members (excludes halogenated alkanes) is 1. The van der Waals surface area contributed by atoms with E-state index in [2.05, 4.69) is 10.6 Å². The third-order valence-corrected chi connectivity index (χ3v) is 2.80. The molecule has 8 nitrogen and oxygen atoms in total. The van der Waals surface area contributed by atoms with Crippen LogP contribution in [0.3, 0.4) is 0 Å². The summed E-state index contributed by atoms with van der Waals surface area (Å²) in [5, 5.41) is 14.0. The van der Waals surface area contributed by atoms with Crippen LogP contribution in [0, 0.1) is 0 Å². The standard InChI is InChI=1S/C13H25N3O5/c1-4-5-6-10(12(18)19)15-13(20)16(2)9-11(17)14-7-8-21-3/h10H,4-9H2,1-3H3,(H,14,17)(H,15,20)(H,18,19)/t10-/m0/s1. The van der Waals surface area contributed by atoms with Crippen molar-refractivity contribution in [1.82, 2.24) is 15.5 Å². The van der Waals surface area contributed by atoms with Gasteiger partial charge < -0.3 is 25.4 Å². The molecule has 0 aromatic carbocycles. The first-order valence-electron chi connectivity index (χ1n) is 6.92. The second-order valence-corrected chi connectivity index (χ2v) is 4.68. The lowest BCUT2D eigenvalue weighted by Gasteiger charge is -2.21. The lowest BCUT2D eigenvalue weighted by atomic mass is 10.1. The van der Waals surface area contributed by atoms with Crippen LogP contribution in [-0.2, 0) is 14.3 Å². The molecule has 21 heavy (non-hydrogen) atoms. The molecule has 0 spiro atoms. The highest BCUT2D eigenvalue weighted by Gasteiger charge is 2.21. The molecule has 0 rings (SSSR count). The van der Waals surface area contributed by atoms with E-state index in [-0.39, 0.29) is 12.5 Å². The molecule has 0 aliphatic heterocycles. The highest BCUT2D eigenvalue weighted by atomic mass is 16.5. The van der Waals surface area contributed by atoms with Crippen molar-refractivity contribution in [2.45, 2.75) is 32.2 Å². The van der Waals surface area contributed by atoms with Gasteiger partial charge in [-0.2, -0.15) is 0 Å². The molecule has 0 radical (unpaired) electrons. The second-order valence-electron chi connectivity index (χ2n) is 4.68. The summed E-state index contributed by atoms with van der Waals surface area (Å²) in [4.78, 5) is 35.5. The monoisotopic (exact) mass is 303 g/mol. The number of hydrogen-bond acceptors (Lipinski definition) is 4. The minimum Gasteiger partial charge on any atom is -0.480 e. The Labute approximate surface area is 124 Å². The van der Waals surface area contributed by atoms with E-state index < -0.39 is 18.0 Å². The van der Waals surface area contributed by atoms with Gasteiger partial charge in [0.2, 0.25) is 5.91 Å². The van der Waals surface area contributed by atoms with Gasteiger partial charge in [0.25, 0.3) is 0 Å². The number of nitrogens with one attached hydrogen (secondary N) is 2. The SMILES string of the molecule is CCCC[C@H](NC(=O)N(C)CC(=O)NCCOC)C(=O)O. The summed E-state index contributed by atoms with van der Waals surface area (Å²) in [7, 11) is 2.96. The van der Waals surface area contributed by atoms with Crippen LogP contribution in [0.25, 0.3) is 0 Å². The summed E-state index contributed by atoms with van der Waals surface area (Å²) in [6.45, 7) is 2.55. The van der Waals surface area contributed by atoms with Gasteiger partial charge in [-0.25, -0.2) is 9.59 Å². The lowest BCUT2D eigenvalue weighted by Crippen LogP contribution is -2.49. The zero-order valence-electron chi connectivity index (χ0n) is 12.8. The van der Waals surface area contributed by atoms with Gasteiger partial charge in [0.15, 0.2) is 0 Å². The largest absolute Gasteiger partial charge is 0.480 e. The van der Waals surface area contributed by atoms with Crippen molar-refractivity contribution >= 4 is 17.9 Å². The van der Waals surface area contributed by atoms with Gasteiger partial charge in [0.05, 0.1) is 6.61 Å². The number of hydrogen-bond donors (Lipinski definition) is 3. The number of carbonyl (C=O) groups is 3. The van der Waals surface area contributed by atoms with E-state index in [0.717, 1.165) is 11.3 Å². The molecule has 0 unspecified atom stereocenters. The molecule has 8 heteroatoms. The average molecular weight is 303 g/mol. The van der Waals surface area contributed by atoms with Crippen molar-refractivity contribution in [3.05, 3.63) is 0 Å². The molecule has 0 aliphatic carbocycles. The molecule has 122 valence electrons. The predicted octanol–water partition coefficient (Wildman–Crippen LogP) is 0.0338. The zero-order valence-corrected chi connectivity index (χ0v) is 12.8. The molecular weight excluding hydrogens is 278 g/mol. The summed E-state index contributed by atoms with van der Waals surface area (Å²) < 4.78 is 4.79. The third-order valence-electron chi connectivity index (χ3n) is 2.80. The van der Waals surface area contributed by atoms with Gasteiger partial charge in [0, 0.05) is 20.7 Å². The van der Waals surface area contributed by atoms with Crippen molar-refractivity contribution in [3.8, 4) is 0 Å².